The van der Waals surface area contributed by atoms with Gasteiger partial charge in [0.25, 0.3) is 0 Å². The van der Waals surface area contributed by atoms with Crippen molar-refractivity contribution in [3.05, 3.63) is 24.5 Å². The summed E-state index contributed by atoms with van der Waals surface area (Å²) in [4.78, 5) is 16.9. The van der Waals surface area contributed by atoms with Gasteiger partial charge in [-0.05, 0) is 12.1 Å². The van der Waals surface area contributed by atoms with E-state index < -0.39 is 5.97 Å². The number of carbonyl (C=O) groups is 1. The molecule has 0 aliphatic rings. The van der Waals surface area contributed by atoms with Crippen molar-refractivity contribution in [2.24, 2.45) is 0 Å². The molecule has 0 saturated carbocycles. The number of aliphatic hydroxyl groups is 2. The minimum atomic E-state index is -0.445. The Morgan fingerprint density at radius 1 is 1.33 bits per heavy atom. The zero-order valence-corrected chi connectivity index (χ0v) is 9.45. The summed E-state index contributed by atoms with van der Waals surface area (Å²) >= 11 is 0. The molecule has 0 bridgehead atoms. The molecule has 0 aliphatic heterocycles. The van der Waals surface area contributed by atoms with Crippen LogP contribution in [0.2, 0.25) is 0 Å². The van der Waals surface area contributed by atoms with Crippen molar-refractivity contribution >= 4 is 35.5 Å². The maximum atomic E-state index is 11.5. The third-order valence-electron chi connectivity index (χ3n) is 2.05. The van der Waals surface area contributed by atoms with Gasteiger partial charge >= 0.3 is 35.5 Å². The van der Waals surface area contributed by atoms with Crippen LogP contribution < -0.4 is 4.74 Å². The van der Waals surface area contributed by atoms with Crippen LogP contribution >= 0.6 is 0 Å². The first-order chi connectivity index (χ1) is 8.26. The Morgan fingerprint density at radius 2 is 2.00 bits per heavy atom. The average Bonchev–Trinajstić information content (AvgIpc) is 2.30. The first-order valence-corrected chi connectivity index (χ1v) is 5.31. The number of hydrogen-bond acceptors (Lipinski definition) is 6. The van der Waals surface area contributed by atoms with E-state index >= 15 is 0 Å². The van der Waals surface area contributed by atoms with Crippen LogP contribution in [0, 0.1) is 0 Å². The number of carbonyl (C=O) groups excluding carboxylic acids is 1. The molecule has 1 aromatic rings. The molecule has 0 radical (unpaired) electrons. The van der Waals surface area contributed by atoms with Crippen LogP contribution in [0.1, 0.15) is 0 Å². The predicted octanol–water partition coefficient (Wildman–Crippen LogP) is -1.37. The van der Waals surface area contributed by atoms with E-state index in [-0.39, 0.29) is 49.3 Å². The molecular formula is C11H17N2NaO4. The average molecular weight is 264 g/mol. The predicted molar refractivity (Wildman–Crippen MR) is 67.6 cm³/mol. The Labute approximate surface area is 128 Å². The Balaban J connectivity index is 0.00000289. The van der Waals surface area contributed by atoms with Gasteiger partial charge in [-0.2, -0.15) is 0 Å². The third kappa shape index (κ3) is 7.05. The Hall–Kier alpha value is -0.500. The zero-order valence-electron chi connectivity index (χ0n) is 9.45. The molecule has 2 N–H and O–H groups in total. The number of pyridine rings is 1. The first-order valence-electron chi connectivity index (χ1n) is 5.31. The van der Waals surface area contributed by atoms with E-state index in [4.69, 9.17) is 14.9 Å². The molecule has 0 atom stereocenters. The van der Waals surface area contributed by atoms with Gasteiger partial charge in [-0.3, -0.25) is 14.7 Å². The van der Waals surface area contributed by atoms with Gasteiger partial charge in [0, 0.05) is 19.3 Å². The van der Waals surface area contributed by atoms with Crippen molar-refractivity contribution in [2.75, 3.05) is 32.8 Å². The van der Waals surface area contributed by atoms with E-state index in [0.29, 0.717) is 18.8 Å². The number of hydrogen-bond donors (Lipinski definition) is 2. The molecule has 0 amide bonds. The summed E-state index contributed by atoms with van der Waals surface area (Å²) in [6.07, 6.45) is 3.03. The molecular weight excluding hydrogens is 247 g/mol. The Bertz CT molecular complexity index is 331. The van der Waals surface area contributed by atoms with Crippen molar-refractivity contribution in [3.8, 4) is 5.75 Å². The molecule has 1 aromatic heterocycles. The molecule has 1 heterocycles. The summed E-state index contributed by atoms with van der Waals surface area (Å²) in [6, 6.07) is 3.30. The first kappa shape index (κ1) is 17.5. The molecule has 0 unspecified atom stereocenters. The fourth-order valence-corrected chi connectivity index (χ4v) is 1.31. The van der Waals surface area contributed by atoms with Crippen molar-refractivity contribution in [1.29, 1.82) is 0 Å². The van der Waals surface area contributed by atoms with Gasteiger partial charge in [-0.15, -0.1) is 0 Å². The number of aromatic nitrogens is 1. The van der Waals surface area contributed by atoms with E-state index in [1.807, 2.05) is 0 Å². The summed E-state index contributed by atoms with van der Waals surface area (Å²) in [5, 5.41) is 17.6. The topological polar surface area (TPSA) is 82.9 Å². The van der Waals surface area contributed by atoms with Crippen LogP contribution in [0.5, 0.6) is 5.75 Å². The van der Waals surface area contributed by atoms with Crippen LogP contribution in [0.4, 0.5) is 0 Å². The monoisotopic (exact) mass is 264 g/mol. The molecule has 0 spiro atoms. The molecule has 0 aliphatic carbocycles. The normalized spacial score (nSPS) is 9.94. The summed E-state index contributed by atoms with van der Waals surface area (Å²) in [5.41, 5.74) is 0. The van der Waals surface area contributed by atoms with Crippen LogP contribution in [-0.2, 0) is 4.79 Å². The van der Waals surface area contributed by atoms with Crippen molar-refractivity contribution in [1.82, 2.24) is 9.88 Å². The molecule has 6 nitrogen and oxygen atoms in total. The Kier molecular flexibility index (Phi) is 10.1. The number of nitrogens with zero attached hydrogens (tertiary/aromatic N) is 2. The minimum absolute atomic E-state index is 0. The molecule has 96 valence electrons. The zero-order chi connectivity index (χ0) is 12.5. The SMILES string of the molecule is O=C(CN(CCO)CCO)Oc1cccnc1.[NaH]. The molecule has 0 fully saturated rings. The quantitative estimate of drug-likeness (QED) is 0.467. The van der Waals surface area contributed by atoms with Crippen molar-refractivity contribution in [3.63, 3.8) is 0 Å². The van der Waals surface area contributed by atoms with Gasteiger partial charge < -0.3 is 14.9 Å². The van der Waals surface area contributed by atoms with E-state index in [1.165, 1.54) is 6.20 Å². The van der Waals surface area contributed by atoms with E-state index in [9.17, 15) is 4.79 Å². The van der Waals surface area contributed by atoms with Crippen molar-refractivity contribution in [2.45, 2.75) is 0 Å². The van der Waals surface area contributed by atoms with E-state index in [1.54, 1.807) is 23.2 Å². The maximum absolute atomic E-state index is 11.5. The second-order valence-corrected chi connectivity index (χ2v) is 3.39. The fourth-order valence-electron chi connectivity index (χ4n) is 1.31. The van der Waals surface area contributed by atoms with Crippen LogP contribution in [0.25, 0.3) is 0 Å². The number of esters is 1. The van der Waals surface area contributed by atoms with Gasteiger partial charge in [-0.25, -0.2) is 0 Å². The van der Waals surface area contributed by atoms with Gasteiger partial charge in [0.05, 0.1) is 26.0 Å². The molecule has 1 rings (SSSR count). The summed E-state index contributed by atoms with van der Waals surface area (Å²) in [5.74, 6) is -0.0645. The summed E-state index contributed by atoms with van der Waals surface area (Å²) in [6.45, 7) is 0.530. The standard InChI is InChI=1S/C11H16N2O4.Na.H/c14-6-4-13(5-7-15)9-11(16)17-10-2-1-3-12-8-10;;/h1-3,8,14-15H,4-7,9H2;;. The Morgan fingerprint density at radius 3 is 2.50 bits per heavy atom. The molecule has 0 aromatic carbocycles. The van der Waals surface area contributed by atoms with Crippen LogP contribution in [-0.4, -0.2) is 88.5 Å². The molecule has 0 saturated heterocycles. The summed E-state index contributed by atoms with van der Waals surface area (Å²) in [7, 11) is 0. The number of aliphatic hydroxyl groups excluding tert-OH is 2. The summed E-state index contributed by atoms with van der Waals surface area (Å²) < 4.78 is 5.03. The number of ether oxygens (including phenoxy) is 1. The second-order valence-electron chi connectivity index (χ2n) is 3.39. The van der Waals surface area contributed by atoms with E-state index in [0.717, 1.165) is 0 Å². The van der Waals surface area contributed by atoms with Gasteiger partial charge in [0.2, 0.25) is 0 Å². The van der Waals surface area contributed by atoms with Crippen LogP contribution in [0.15, 0.2) is 24.5 Å². The van der Waals surface area contributed by atoms with Crippen molar-refractivity contribution < 1.29 is 19.7 Å². The molecule has 7 heteroatoms. The van der Waals surface area contributed by atoms with Gasteiger partial charge in [-0.1, -0.05) is 0 Å². The fraction of sp³-hybridized carbons (Fsp3) is 0.455. The molecule has 18 heavy (non-hydrogen) atoms. The van der Waals surface area contributed by atoms with Gasteiger partial charge in [0.15, 0.2) is 0 Å². The van der Waals surface area contributed by atoms with Crippen LogP contribution in [0.3, 0.4) is 0 Å². The third-order valence-corrected chi connectivity index (χ3v) is 2.05. The second kappa shape index (κ2) is 10.4. The van der Waals surface area contributed by atoms with Gasteiger partial charge in [0.1, 0.15) is 5.75 Å². The van der Waals surface area contributed by atoms with E-state index in [2.05, 4.69) is 4.98 Å². The number of rotatable bonds is 7.